The lowest BCUT2D eigenvalue weighted by Crippen LogP contribution is -2.34. The summed E-state index contributed by atoms with van der Waals surface area (Å²) in [5.74, 6) is 0.434. The maximum atomic E-state index is 7.73. The van der Waals surface area contributed by atoms with Crippen LogP contribution in [0.2, 0.25) is 0 Å². The third kappa shape index (κ3) is 4.76. The molecular formula is C18H31N3. The molecule has 0 atom stereocenters. The molecule has 3 N–H and O–H groups in total. The van der Waals surface area contributed by atoms with Gasteiger partial charge >= 0.3 is 0 Å². The summed E-state index contributed by atoms with van der Waals surface area (Å²) in [4.78, 5) is 2.38. The lowest BCUT2D eigenvalue weighted by Gasteiger charge is -2.33. The summed E-state index contributed by atoms with van der Waals surface area (Å²) in [6.07, 6.45) is 2.47. The van der Waals surface area contributed by atoms with Crippen LogP contribution >= 0.6 is 0 Å². The fraction of sp³-hybridized carbons (Fsp3) is 0.611. The second-order valence-corrected chi connectivity index (χ2v) is 7.32. The van der Waals surface area contributed by atoms with Crippen molar-refractivity contribution in [2.24, 2.45) is 5.41 Å². The van der Waals surface area contributed by atoms with Gasteiger partial charge < -0.3 is 16.0 Å². The molecule has 0 unspecified atom stereocenters. The fourth-order valence-electron chi connectivity index (χ4n) is 2.56. The summed E-state index contributed by atoms with van der Waals surface area (Å²) in [6.45, 7) is 15.2. The van der Waals surface area contributed by atoms with E-state index in [1.54, 1.807) is 0 Å². The first-order valence-electron chi connectivity index (χ1n) is 7.88. The Bertz CT molecular complexity index is 484. The van der Waals surface area contributed by atoms with E-state index < -0.39 is 0 Å². The van der Waals surface area contributed by atoms with Crippen LogP contribution in [0, 0.1) is 10.8 Å². The average Bonchev–Trinajstić information content (AvgIpc) is 2.35. The third-order valence-corrected chi connectivity index (χ3v) is 3.52. The van der Waals surface area contributed by atoms with Crippen molar-refractivity contribution in [3.05, 3.63) is 23.3 Å². The van der Waals surface area contributed by atoms with Crippen LogP contribution in [0.4, 0.5) is 11.4 Å². The van der Waals surface area contributed by atoms with Gasteiger partial charge in [-0.1, -0.05) is 41.5 Å². The highest BCUT2D eigenvalue weighted by molar-refractivity contribution is 5.93. The van der Waals surface area contributed by atoms with Crippen LogP contribution in [0.15, 0.2) is 12.1 Å². The smallest absolute Gasteiger partial charge is 0.0479 e. The summed E-state index contributed by atoms with van der Waals surface area (Å²) in [7, 11) is 0. The molecule has 1 aromatic carbocycles. The van der Waals surface area contributed by atoms with Gasteiger partial charge in [-0.15, -0.1) is 0 Å². The third-order valence-electron chi connectivity index (χ3n) is 3.52. The van der Waals surface area contributed by atoms with Crippen molar-refractivity contribution in [2.75, 3.05) is 23.7 Å². The van der Waals surface area contributed by atoms with Gasteiger partial charge in [-0.2, -0.15) is 0 Å². The quantitative estimate of drug-likeness (QED) is 0.591. The topological polar surface area (TPSA) is 53.1 Å². The molecule has 0 heterocycles. The highest BCUT2D eigenvalue weighted by Gasteiger charge is 2.20. The molecule has 0 aliphatic carbocycles. The Hall–Kier alpha value is -1.51. The molecule has 0 amide bonds. The SMILES string of the molecule is CCCN(CC(C)(C)C)c1cc(C(C)C)cc(N)c1C=N. The molecular weight excluding hydrogens is 258 g/mol. The number of hydrogen-bond acceptors (Lipinski definition) is 3. The predicted molar refractivity (Wildman–Crippen MR) is 94.8 cm³/mol. The molecule has 3 heteroatoms. The van der Waals surface area contributed by atoms with Crippen molar-refractivity contribution in [1.82, 2.24) is 0 Å². The highest BCUT2D eigenvalue weighted by atomic mass is 15.1. The summed E-state index contributed by atoms with van der Waals surface area (Å²) in [5.41, 5.74) is 10.3. The van der Waals surface area contributed by atoms with Gasteiger partial charge in [0.2, 0.25) is 0 Å². The Morgan fingerprint density at radius 3 is 2.33 bits per heavy atom. The molecule has 1 aromatic rings. The number of hydrogen-bond donors (Lipinski definition) is 2. The minimum absolute atomic E-state index is 0.205. The number of benzene rings is 1. The first-order valence-corrected chi connectivity index (χ1v) is 7.88. The zero-order chi connectivity index (χ0) is 16.2. The van der Waals surface area contributed by atoms with Crippen molar-refractivity contribution in [3.8, 4) is 0 Å². The normalized spacial score (nSPS) is 11.8. The minimum Gasteiger partial charge on any atom is -0.398 e. The molecule has 1 rings (SSSR count). The molecule has 118 valence electrons. The van der Waals surface area contributed by atoms with E-state index in [-0.39, 0.29) is 5.41 Å². The van der Waals surface area contributed by atoms with Crippen molar-refractivity contribution in [1.29, 1.82) is 5.41 Å². The van der Waals surface area contributed by atoms with E-state index in [2.05, 4.69) is 52.5 Å². The number of nitrogen functional groups attached to an aromatic ring is 1. The lowest BCUT2D eigenvalue weighted by atomic mass is 9.93. The number of nitrogens with zero attached hydrogens (tertiary/aromatic N) is 1. The standard InChI is InChI=1S/C18H31N3/c1-7-8-21(12-18(4,5)6)17-10-14(13(2)3)9-16(20)15(17)11-19/h9-11,13,19H,7-8,12,20H2,1-6H3. The number of nitrogens with one attached hydrogen (secondary N) is 1. The Balaban J connectivity index is 3.36. The van der Waals surface area contributed by atoms with Gasteiger partial charge in [0.25, 0.3) is 0 Å². The summed E-state index contributed by atoms with van der Waals surface area (Å²) in [5, 5.41) is 7.73. The van der Waals surface area contributed by atoms with E-state index >= 15 is 0 Å². The first kappa shape index (κ1) is 17.5. The van der Waals surface area contributed by atoms with E-state index in [1.165, 1.54) is 11.8 Å². The van der Waals surface area contributed by atoms with Gasteiger partial charge in [-0.25, -0.2) is 0 Å². The fourth-order valence-corrected chi connectivity index (χ4v) is 2.56. The van der Waals surface area contributed by atoms with Crippen molar-refractivity contribution in [3.63, 3.8) is 0 Å². The molecule has 0 aromatic heterocycles. The predicted octanol–water partition coefficient (Wildman–Crippen LogP) is 4.65. The van der Waals surface area contributed by atoms with Gasteiger partial charge in [0.1, 0.15) is 0 Å². The van der Waals surface area contributed by atoms with Gasteiger partial charge in [0.15, 0.2) is 0 Å². The zero-order valence-corrected chi connectivity index (χ0v) is 14.5. The van der Waals surface area contributed by atoms with E-state index in [1.807, 2.05) is 6.07 Å². The Kier molecular flexibility index (Phi) is 5.82. The molecule has 0 saturated heterocycles. The summed E-state index contributed by atoms with van der Waals surface area (Å²) >= 11 is 0. The van der Waals surface area contributed by atoms with Gasteiger partial charge in [0.05, 0.1) is 0 Å². The molecule has 0 aliphatic heterocycles. The number of nitrogens with two attached hydrogens (primary N) is 1. The van der Waals surface area contributed by atoms with Crippen LogP contribution in [0.25, 0.3) is 0 Å². The van der Waals surface area contributed by atoms with Crippen molar-refractivity contribution in [2.45, 2.75) is 53.9 Å². The Morgan fingerprint density at radius 2 is 1.90 bits per heavy atom. The first-order chi connectivity index (χ1) is 9.69. The maximum Gasteiger partial charge on any atom is 0.0479 e. The molecule has 0 saturated carbocycles. The van der Waals surface area contributed by atoms with Crippen molar-refractivity contribution >= 4 is 17.6 Å². The average molecular weight is 289 g/mol. The Morgan fingerprint density at radius 1 is 1.29 bits per heavy atom. The molecule has 0 fully saturated rings. The molecule has 0 radical (unpaired) electrons. The van der Waals surface area contributed by atoms with Crippen LogP contribution in [-0.2, 0) is 0 Å². The summed E-state index contributed by atoms with van der Waals surface area (Å²) < 4.78 is 0. The largest absolute Gasteiger partial charge is 0.398 e. The molecule has 3 nitrogen and oxygen atoms in total. The van der Waals surface area contributed by atoms with E-state index in [9.17, 15) is 0 Å². The van der Waals surface area contributed by atoms with E-state index in [0.717, 1.165) is 30.8 Å². The van der Waals surface area contributed by atoms with Gasteiger partial charge in [0, 0.05) is 36.2 Å². The maximum absolute atomic E-state index is 7.73. The van der Waals surface area contributed by atoms with Crippen LogP contribution in [0.3, 0.4) is 0 Å². The zero-order valence-electron chi connectivity index (χ0n) is 14.5. The van der Waals surface area contributed by atoms with Crippen LogP contribution in [0.1, 0.15) is 65.0 Å². The van der Waals surface area contributed by atoms with E-state index in [4.69, 9.17) is 11.1 Å². The van der Waals surface area contributed by atoms with Crippen LogP contribution in [-0.4, -0.2) is 19.3 Å². The second-order valence-electron chi connectivity index (χ2n) is 7.32. The highest BCUT2D eigenvalue weighted by Crippen LogP contribution is 2.32. The minimum atomic E-state index is 0.205. The van der Waals surface area contributed by atoms with Crippen LogP contribution < -0.4 is 10.6 Å². The van der Waals surface area contributed by atoms with Crippen molar-refractivity contribution < 1.29 is 0 Å². The molecule has 0 aliphatic rings. The second kappa shape index (κ2) is 6.97. The lowest BCUT2D eigenvalue weighted by molar-refractivity contribution is 0.409. The van der Waals surface area contributed by atoms with Gasteiger partial charge in [-0.3, -0.25) is 0 Å². The summed E-state index contributed by atoms with van der Waals surface area (Å²) in [6, 6.07) is 4.22. The Labute approximate surface area is 130 Å². The van der Waals surface area contributed by atoms with Crippen LogP contribution in [0.5, 0.6) is 0 Å². The molecule has 0 bridgehead atoms. The molecule has 21 heavy (non-hydrogen) atoms. The number of rotatable bonds is 6. The number of anilines is 2. The van der Waals surface area contributed by atoms with E-state index in [0.29, 0.717) is 11.6 Å². The van der Waals surface area contributed by atoms with Gasteiger partial charge in [-0.05, 0) is 35.4 Å². The monoisotopic (exact) mass is 289 g/mol. The molecule has 0 spiro atoms.